The molecule has 150 valence electrons. The van der Waals surface area contributed by atoms with Crippen molar-refractivity contribution in [2.24, 2.45) is 0 Å². The zero-order chi connectivity index (χ0) is 21.4. The number of hydrogen-bond donors (Lipinski definition) is 1. The Balaban J connectivity index is 1.89. The van der Waals surface area contributed by atoms with E-state index in [4.69, 9.17) is 0 Å². The molecule has 1 atom stereocenters. The van der Waals surface area contributed by atoms with E-state index < -0.39 is 22.7 Å². The first-order valence-corrected chi connectivity index (χ1v) is 10.4. The van der Waals surface area contributed by atoms with Crippen molar-refractivity contribution in [2.75, 3.05) is 4.90 Å². The number of carbonyl (C=O) groups is 2. The second kappa shape index (κ2) is 7.85. The van der Waals surface area contributed by atoms with Crippen molar-refractivity contribution in [3.8, 4) is 0 Å². The Bertz CT molecular complexity index is 1190. The number of rotatable bonds is 4. The Labute approximate surface area is 183 Å². The Kier molecular flexibility index (Phi) is 5.23. The summed E-state index contributed by atoms with van der Waals surface area (Å²) in [5, 5.41) is 23.6. The fraction of sp³-hybridized carbons (Fsp3) is 0.0476. The van der Waals surface area contributed by atoms with Gasteiger partial charge in [-0.3, -0.25) is 24.6 Å². The first kappa shape index (κ1) is 20.0. The number of nitro benzene ring substituents is 1. The van der Waals surface area contributed by atoms with Gasteiger partial charge in [0.05, 0.1) is 10.5 Å². The molecule has 4 rings (SSSR count). The highest BCUT2D eigenvalue weighted by Gasteiger charge is 2.47. The molecule has 1 aromatic heterocycles. The summed E-state index contributed by atoms with van der Waals surface area (Å²) in [5.41, 5.74) is 0.522. The summed E-state index contributed by atoms with van der Waals surface area (Å²) in [6.45, 7) is 0. The Morgan fingerprint density at radius 1 is 1.10 bits per heavy atom. The van der Waals surface area contributed by atoms with Gasteiger partial charge in [-0.15, -0.1) is 11.3 Å². The standard InChI is InChI=1S/C21H13BrN2O5S/c22-13-3-1-4-15(11-13)23-18(16-5-2-10-30-16)17(20(26)21(23)27)19(25)12-6-8-14(9-7-12)24(28)29/h1-11,18,25H/b19-17-. The normalized spacial score (nSPS) is 18.0. The van der Waals surface area contributed by atoms with Crippen LogP contribution in [0.3, 0.4) is 0 Å². The first-order valence-electron chi connectivity index (χ1n) is 8.73. The maximum Gasteiger partial charge on any atom is 0.300 e. The van der Waals surface area contributed by atoms with Crippen LogP contribution in [0.1, 0.15) is 16.5 Å². The number of carbonyl (C=O) groups excluding carboxylic acids is 2. The molecule has 0 bridgehead atoms. The number of thiophene rings is 1. The van der Waals surface area contributed by atoms with Crippen LogP contribution in [0.25, 0.3) is 5.76 Å². The average Bonchev–Trinajstić information content (AvgIpc) is 3.35. The van der Waals surface area contributed by atoms with Crippen LogP contribution in [-0.2, 0) is 9.59 Å². The Hall–Kier alpha value is -3.30. The van der Waals surface area contributed by atoms with Crippen LogP contribution >= 0.6 is 27.3 Å². The van der Waals surface area contributed by atoms with Gasteiger partial charge in [-0.2, -0.15) is 0 Å². The number of ketones is 1. The minimum absolute atomic E-state index is 0.0590. The Morgan fingerprint density at radius 3 is 2.43 bits per heavy atom. The number of non-ortho nitro benzene ring substituents is 1. The van der Waals surface area contributed by atoms with E-state index in [1.165, 1.54) is 40.5 Å². The minimum atomic E-state index is -0.816. The van der Waals surface area contributed by atoms with Crippen LogP contribution in [0.2, 0.25) is 0 Å². The van der Waals surface area contributed by atoms with Gasteiger partial charge < -0.3 is 5.11 Å². The lowest BCUT2D eigenvalue weighted by atomic mass is 9.99. The SMILES string of the molecule is O=C1C(=O)N(c2cccc(Br)c2)C(c2cccs2)/C1=C(/O)c1ccc([N+](=O)[O-])cc1. The summed E-state index contributed by atoms with van der Waals surface area (Å²) >= 11 is 4.73. The van der Waals surface area contributed by atoms with Crippen molar-refractivity contribution >= 4 is 56.1 Å². The summed E-state index contributed by atoms with van der Waals surface area (Å²) in [7, 11) is 0. The number of aliphatic hydroxyl groups is 1. The third kappa shape index (κ3) is 3.42. The molecule has 9 heteroatoms. The summed E-state index contributed by atoms with van der Waals surface area (Å²) in [5.74, 6) is -1.95. The highest BCUT2D eigenvalue weighted by atomic mass is 79.9. The van der Waals surface area contributed by atoms with E-state index in [0.29, 0.717) is 10.6 Å². The molecule has 2 aromatic carbocycles. The summed E-state index contributed by atoms with van der Waals surface area (Å²) in [6, 6.07) is 14.9. The van der Waals surface area contributed by atoms with Crippen molar-refractivity contribution in [3.63, 3.8) is 0 Å². The molecule has 1 aliphatic heterocycles. The van der Waals surface area contributed by atoms with E-state index in [-0.39, 0.29) is 22.6 Å². The molecule has 1 aliphatic rings. The van der Waals surface area contributed by atoms with Crippen molar-refractivity contribution in [3.05, 3.63) is 96.6 Å². The van der Waals surface area contributed by atoms with Gasteiger partial charge in [0.25, 0.3) is 17.4 Å². The van der Waals surface area contributed by atoms with E-state index in [0.717, 1.165) is 4.47 Å². The molecule has 1 amide bonds. The number of nitro groups is 1. The Morgan fingerprint density at radius 2 is 1.83 bits per heavy atom. The van der Waals surface area contributed by atoms with Gasteiger partial charge in [-0.05, 0) is 41.8 Å². The second-order valence-corrected chi connectivity index (χ2v) is 8.36. The van der Waals surface area contributed by atoms with Gasteiger partial charge in [-0.1, -0.05) is 28.1 Å². The molecule has 1 unspecified atom stereocenters. The monoisotopic (exact) mass is 484 g/mol. The number of hydrogen-bond acceptors (Lipinski definition) is 6. The predicted molar refractivity (Wildman–Crippen MR) is 116 cm³/mol. The predicted octanol–water partition coefficient (Wildman–Crippen LogP) is 5.05. The van der Waals surface area contributed by atoms with E-state index in [9.17, 15) is 24.8 Å². The van der Waals surface area contributed by atoms with E-state index in [1.54, 1.807) is 36.4 Å². The van der Waals surface area contributed by atoms with Crippen molar-refractivity contribution < 1.29 is 19.6 Å². The van der Waals surface area contributed by atoms with Crippen LogP contribution in [0.15, 0.2) is 76.1 Å². The van der Waals surface area contributed by atoms with Gasteiger partial charge in [0.15, 0.2) is 0 Å². The maximum atomic E-state index is 12.9. The number of halogens is 1. The smallest absolute Gasteiger partial charge is 0.300 e. The number of Topliss-reactive ketones (excluding diaryl/α,β-unsaturated/α-hetero) is 1. The summed E-state index contributed by atoms with van der Waals surface area (Å²) < 4.78 is 0.738. The van der Waals surface area contributed by atoms with Crippen molar-refractivity contribution in [2.45, 2.75) is 6.04 Å². The maximum absolute atomic E-state index is 12.9. The molecule has 0 saturated carbocycles. The molecule has 7 nitrogen and oxygen atoms in total. The summed E-state index contributed by atoms with van der Waals surface area (Å²) in [4.78, 5) is 38.3. The fourth-order valence-corrected chi connectivity index (χ4v) is 4.55. The molecule has 0 radical (unpaired) electrons. The van der Waals surface area contributed by atoms with Crippen LogP contribution < -0.4 is 4.90 Å². The van der Waals surface area contributed by atoms with Gasteiger partial charge in [0.2, 0.25) is 0 Å². The van der Waals surface area contributed by atoms with Gasteiger partial charge in [-0.25, -0.2) is 0 Å². The van der Waals surface area contributed by atoms with Gasteiger partial charge in [0.1, 0.15) is 11.8 Å². The molecular formula is C21H13BrN2O5S. The van der Waals surface area contributed by atoms with Gasteiger partial charge >= 0.3 is 0 Å². The first-order chi connectivity index (χ1) is 14.4. The number of benzene rings is 2. The molecule has 1 N–H and O–H groups in total. The van der Waals surface area contributed by atoms with Crippen molar-refractivity contribution in [1.29, 1.82) is 0 Å². The number of aliphatic hydroxyl groups excluding tert-OH is 1. The average molecular weight is 485 g/mol. The lowest BCUT2D eigenvalue weighted by Gasteiger charge is -2.24. The van der Waals surface area contributed by atoms with Crippen LogP contribution in [-0.4, -0.2) is 21.7 Å². The topological polar surface area (TPSA) is 101 Å². The van der Waals surface area contributed by atoms with Crippen LogP contribution in [0, 0.1) is 10.1 Å². The fourth-order valence-electron chi connectivity index (χ4n) is 3.34. The van der Waals surface area contributed by atoms with E-state index in [1.807, 2.05) is 5.38 Å². The summed E-state index contributed by atoms with van der Waals surface area (Å²) in [6.07, 6.45) is 0. The van der Waals surface area contributed by atoms with E-state index >= 15 is 0 Å². The largest absolute Gasteiger partial charge is 0.507 e. The number of anilines is 1. The molecule has 2 heterocycles. The zero-order valence-electron chi connectivity index (χ0n) is 15.2. The highest BCUT2D eigenvalue weighted by Crippen LogP contribution is 2.44. The lowest BCUT2D eigenvalue weighted by Crippen LogP contribution is -2.29. The van der Waals surface area contributed by atoms with Crippen molar-refractivity contribution in [1.82, 2.24) is 0 Å². The number of amides is 1. The lowest BCUT2D eigenvalue weighted by molar-refractivity contribution is -0.384. The van der Waals surface area contributed by atoms with E-state index in [2.05, 4.69) is 15.9 Å². The van der Waals surface area contributed by atoms with Crippen LogP contribution in [0.4, 0.5) is 11.4 Å². The minimum Gasteiger partial charge on any atom is -0.507 e. The molecule has 1 saturated heterocycles. The van der Waals surface area contributed by atoms with Gasteiger partial charge in [0, 0.05) is 32.7 Å². The molecule has 1 fully saturated rings. The quantitative estimate of drug-likeness (QED) is 0.183. The zero-order valence-corrected chi connectivity index (χ0v) is 17.6. The molecule has 3 aromatic rings. The third-order valence-corrected chi connectivity index (χ3v) is 6.11. The molecular weight excluding hydrogens is 472 g/mol. The molecule has 0 spiro atoms. The second-order valence-electron chi connectivity index (χ2n) is 6.47. The third-order valence-electron chi connectivity index (χ3n) is 4.70. The molecule has 0 aliphatic carbocycles. The highest BCUT2D eigenvalue weighted by molar-refractivity contribution is 9.10. The number of nitrogens with zero attached hydrogens (tertiary/aromatic N) is 2. The van der Waals surface area contributed by atoms with Crippen LogP contribution in [0.5, 0.6) is 0 Å². The molecule has 30 heavy (non-hydrogen) atoms.